The van der Waals surface area contributed by atoms with Crippen LogP contribution in [0.1, 0.15) is 18.1 Å². The van der Waals surface area contributed by atoms with E-state index in [-0.39, 0.29) is 39.7 Å². The van der Waals surface area contributed by atoms with E-state index < -0.39 is 5.56 Å². The van der Waals surface area contributed by atoms with E-state index in [1.54, 1.807) is 19.1 Å². The molecule has 0 aliphatic carbocycles. The zero-order valence-electron chi connectivity index (χ0n) is 13.9. The van der Waals surface area contributed by atoms with Gasteiger partial charge in [-0.25, -0.2) is 0 Å². The van der Waals surface area contributed by atoms with Crippen LogP contribution in [0.15, 0.2) is 29.6 Å². The van der Waals surface area contributed by atoms with E-state index in [1.807, 2.05) is 6.07 Å². The summed E-state index contributed by atoms with van der Waals surface area (Å²) >= 11 is 6.34. The zero-order valence-corrected chi connectivity index (χ0v) is 14.7. The lowest BCUT2D eigenvalue weighted by molar-refractivity contribution is 0.297. The highest BCUT2D eigenvalue weighted by Crippen LogP contribution is 2.41. The topological polar surface area (TPSA) is 125 Å². The number of anilines is 1. The maximum absolute atomic E-state index is 12.1. The van der Waals surface area contributed by atoms with Crippen LogP contribution in [-0.4, -0.2) is 18.2 Å². The second kappa shape index (κ2) is 8.11. The number of aromatic amines is 1. The summed E-state index contributed by atoms with van der Waals surface area (Å²) in [6.45, 7) is 5.95. The Morgan fingerprint density at radius 2 is 1.92 bits per heavy atom. The van der Waals surface area contributed by atoms with Crippen LogP contribution in [0, 0.1) is 22.7 Å². The molecule has 0 amide bonds. The van der Waals surface area contributed by atoms with Crippen LogP contribution in [-0.2, 0) is 0 Å². The predicted octanol–water partition coefficient (Wildman–Crippen LogP) is 2.98. The van der Waals surface area contributed by atoms with Gasteiger partial charge in [0.2, 0.25) is 0 Å². The van der Waals surface area contributed by atoms with Crippen LogP contribution in [0.3, 0.4) is 0 Å². The van der Waals surface area contributed by atoms with E-state index in [0.717, 1.165) is 0 Å². The minimum Gasteiger partial charge on any atom is -0.490 e. The molecule has 1 aromatic heterocycles. The van der Waals surface area contributed by atoms with Crippen molar-refractivity contribution in [3.63, 3.8) is 0 Å². The maximum atomic E-state index is 12.1. The summed E-state index contributed by atoms with van der Waals surface area (Å²) in [7, 11) is 0. The summed E-state index contributed by atoms with van der Waals surface area (Å²) in [5.74, 6) is 0.572. The second-order valence-electron chi connectivity index (χ2n) is 5.03. The molecule has 26 heavy (non-hydrogen) atoms. The first kappa shape index (κ1) is 18.9. The number of halogens is 1. The fourth-order valence-corrected chi connectivity index (χ4v) is 2.62. The molecule has 7 nitrogen and oxygen atoms in total. The number of nitriles is 2. The Morgan fingerprint density at radius 3 is 2.50 bits per heavy atom. The number of rotatable bonds is 6. The lowest BCUT2D eigenvalue weighted by Gasteiger charge is -2.16. The molecule has 0 aliphatic heterocycles. The van der Waals surface area contributed by atoms with Gasteiger partial charge in [0, 0.05) is 17.2 Å². The number of nitrogens with zero attached hydrogens (tertiary/aromatic N) is 2. The summed E-state index contributed by atoms with van der Waals surface area (Å²) in [5, 5.41) is 19.0. The number of H-pyrrole nitrogens is 1. The van der Waals surface area contributed by atoms with Gasteiger partial charge in [0.1, 0.15) is 35.7 Å². The van der Waals surface area contributed by atoms with Gasteiger partial charge in [-0.3, -0.25) is 4.79 Å². The van der Waals surface area contributed by atoms with Gasteiger partial charge in [-0.1, -0.05) is 24.3 Å². The summed E-state index contributed by atoms with van der Waals surface area (Å²) in [6, 6.07) is 6.70. The Hall–Kier alpha value is -3.42. The minimum atomic E-state index is -0.708. The van der Waals surface area contributed by atoms with Crippen molar-refractivity contribution in [2.45, 2.75) is 6.92 Å². The monoisotopic (exact) mass is 370 g/mol. The number of hydrogen-bond acceptors (Lipinski definition) is 6. The SMILES string of the molecule is C=CCOc1cc(Cl)c(-c2c(C#N)c(N)[nH]c(=O)c2C#N)cc1OCC. The average molecular weight is 371 g/mol. The van der Waals surface area contributed by atoms with Gasteiger partial charge < -0.3 is 20.2 Å². The van der Waals surface area contributed by atoms with Crippen LogP contribution in [0.25, 0.3) is 11.1 Å². The smallest absolute Gasteiger partial charge is 0.268 e. The molecule has 0 saturated heterocycles. The van der Waals surface area contributed by atoms with E-state index in [1.165, 1.54) is 12.1 Å². The summed E-state index contributed by atoms with van der Waals surface area (Å²) in [4.78, 5) is 14.4. The van der Waals surface area contributed by atoms with Crippen molar-refractivity contribution in [2.24, 2.45) is 0 Å². The Labute approximate surface area is 154 Å². The molecular formula is C18H15ClN4O3. The number of pyridine rings is 1. The first-order valence-corrected chi connectivity index (χ1v) is 7.92. The number of hydrogen-bond donors (Lipinski definition) is 2. The van der Waals surface area contributed by atoms with E-state index in [9.17, 15) is 15.3 Å². The molecule has 0 bridgehead atoms. The normalized spacial score (nSPS) is 9.85. The highest BCUT2D eigenvalue weighted by atomic mass is 35.5. The van der Waals surface area contributed by atoms with Gasteiger partial charge in [0.25, 0.3) is 5.56 Å². The van der Waals surface area contributed by atoms with Crippen molar-refractivity contribution in [1.82, 2.24) is 4.98 Å². The van der Waals surface area contributed by atoms with Gasteiger partial charge in [-0.2, -0.15) is 10.5 Å². The van der Waals surface area contributed by atoms with Crippen LogP contribution in [0.5, 0.6) is 11.5 Å². The molecule has 1 aromatic carbocycles. The molecule has 3 N–H and O–H groups in total. The summed E-state index contributed by atoms with van der Waals surface area (Å²) < 4.78 is 11.1. The molecule has 0 fully saturated rings. The third-order valence-electron chi connectivity index (χ3n) is 3.43. The van der Waals surface area contributed by atoms with Gasteiger partial charge in [0.05, 0.1) is 11.6 Å². The van der Waals surface area contributed by atoms with E-state index in [4.69, 9.17) is 26.8 Å². The number of ether oxygens (including phenoxy) is 2. The van der Waals surface area contributed by atoms with Crippen LogP contribution >= 0.6 is 11.6 Å². The van der Waals surface area contributed by atoms with E-state index in [2.05, 4.69) is 11.6 Å². The summed E-state index contributed by atoms with van der Waals surface area (Å²) in [6.07, 6.45) is 1.57. The molecule has 1 heterocycles. The standard InChI is InChI=1S/C18H15ClN4O3/c1-3-5-26-15-7-13(19)10(6-14(15)25-4-2)16-11(8-20)17(22)23-18(24)12(16)9-21/h3,6-7H,1,4-5H2,2H3,(H3,22,23,24). The zero-order chi connectivity index (χ0) is 19.3. The second-order valence-corrected chi connectivity index (χ2v) is 5.44. The summed E-state index contributed by atoms with van der Waals surface area (Å²) in [5.41, 5.74) is 5.04. The molecule has 0 atom stereocenters. The largest absolute Gasteiger partial charge is 0.490 e. The van der Waals surface area contributed by atoms with Crippen molar-refractivity contribution >= 4 is 17.4 Å². The average Bonchev–Trinajstić information content (AvgIpc) is 2.61. The fraction of sp³-hybridized carbons (Fsp3) is 0.167. The van der Waals surface area contributed by atoms with Crippen LogP contribution in [0.4, 0.5) is 5.82 Å². The van der Waals surface area contributed by atoms with Crippen molar-refractivity contribution in [3.05, 3.63) is 51.3 Å². The van der Waals surface area contributed by atoms with Crippen molar-refractivity contribution in [1.29, 1.82) is 10.5 Å². The predicted molar refractivity (Wildman–Crippen MR) is 98.2 cm³/mol. The Kier molecular flexibility index (Phi) is 5.90. The highest BCUT2D eigenvalue weighted by Gasteiger charge is 2.22. The molecule has 0 aliphatic rings. The molecule has 2 aromatic rings. The van der Waals surface area contributed by atoms with E-state index in [0.29, 0.717) is 18.1 Å². The van der Waals surface area contributed by atoms with Gasteiger partial charge in [0.15, 0.2) is 11.5 Å². The maximum Gasteiger partial charge on any atom is 0.268 e. The number of nitrogens with two attached hydrogens (primary N) is 1. The van der Waals surface area contributed by atoms with Crippen molar-refractivity contribution in [3.8, 4) is 34.8 Å². The van der Waals surface area contributed by atoms with Crippen molar-refractivity contribution < 1.29 is 9.47 Å². The van der Waals surface area contributed by atoms with Crippen molar-refractivity contribution in [2.75, 3.05) is 18.9 Å². The van der Waals surface area contributed by atoms with Gasteiger partial charge >= 0.3 is 0 Å². The lowest BCUT2D eigenvalue weighted by atomic mass is 9.96. The molecule has 0 spiro atoms. The number of aromatic nitrogens is 1. The fourth-order valence-electron chi connectivity index (χ4n) is 2.37. The van der Waals surface area contributed by atoms with Crippen LogP contribution in [0.2, 0.25) is 5.02 Å². The molecule has 132 valence electrons. The van der Waals surface area contributed by atoms with Gasteiger partial charge in [-0.15, -0.1) is 0 Å². The molecule has 2 rings (SSSR count). The number of nitrogens with one attached hydrogen (secondary N) is 1. The first-order valence-electron chi connectivity index (χ1n) is 7.54. The van der Waals surface area contributed by atoms with Crippen LogP contribution < -0.4 is 20.8 Å². The Bertz CT molecular complexity index is 999. The highest BCUT2D eigenvalue weighted by molar-refractivity contribution is 6.33. The lowest BCUT2D eigenvalue weighted by Crippen LogP contribution is -2.16. The first-order chi connectivity index (χ1) is 12.5. The number of nitrogen functional groups attached to an aromatic ring is 1. The molecule has 8 heteroatoms. The quantitative estimate of drug-likeness (QED) is 0.753. The Morgan fingerprint density at radius 1 is 1.27 bits per heavy atom. The molecular weight excluding hydrogens is 356 g/mol. The molecule has 0 saturated carbocycles. The molecule has 0 unspecified atom stereocenters. The minimum absolute atomic E-state index is 0.0507. The molecule has 0 radical (unpaired) electrons. The third kappa shape index (κ3) is 3.49. The number of benzene rings is 1. The Balaban J connectivity index is 2.83. The third-order valence-corrected chi connectivity index (χ3v) is 3.74. The van der Waals surface area contributed by atoms with E-state index >= 15 is 0 Å². The van der Waals surface area contributed by atoms with Gasteiger partial charge in [-0.05, 0) is 13.0 Å².